The standard InChI is InChI=1S/C14H10ClF4N3O4S/c1-5(12(24)25)27-9-3-8(7(16)2-6(9)15)21-11(23)4-10(14(17,18)19)22(20)13(21)26/h2-5H,20H2,1H3,(H,24,25). The highest BCUT2D eigenvalue weighted by atomic mass is 35.5. The molecule has 0 radical (unpaired) electrons. The van der Waals surface area contributed by atoms with Gasteiger partial charge in [-0.2, -0.15) is 13.2 Å². The molecule has 1 aromatic heterocycles. The highest BCUT2D eigenvalue weighted by Gasteiger charge is 2.36. The Bertz CT molecular complexity index is 1030. The number of thioether (sulfide) groups is 1. The van der Waals surface area contributed by atoms with Crippen LogP contribution in [0.5, 0.6) is 0 Å². The van der Waals surface area contributed by atoms with Gasteiger partial charge in [0, 0.05) is 11.0 Å². The average Bonchev–Trinajstić information content (AvgIpc) is 2.53. The molecule has 0 spiro atoms. The average molecular weight is 428 g/mol. The summed E-state index contributed by atoms with van der Waals surface area (Å²) in [4.78, 5) is 35.1. The molecule has 146 valence electrons. The Morgan fingerprint density at radius 2 is 1.89 bits per heavy atom. The van der Waals surface area contributed by atoms with Crippen molar-refractivity contribution in [2.24, 2.45) is 0 Å². The quantitative estimate of drug-likeness (QED) is 0.439. The Balaban J connectivity index is 2.73. The van der Waals surface area contributed by atoms with Crippen LogP contribution in [0.4, 0.5) is 17.6 Å². The molecule has 0 bridgehead atoms. The number of rotatable bonds is 4. The smallest absolute Gasteiger partial charge is 0.433 e. The second kappa shape index (κ2) is 7.27. The number of hydrogen-bond donors (Lipinski definition) is 2. The second-order valence-electron chi connectivity index (χ2n) is 5.19. The van der Waals surface area contributed by atoms with Gasteiger partial charge in [0.05, 0.1) is 10.7 Å². The molecule has 3 N–H and O–H groups in total. The summed E-state index contributed by atoms with van der Waals surface area (Å²) in [5, 5.41) is 7.71. The molecule has 0 fully saturated rings. The van der Waals surface area contributed by atoms with Crippen molar-refractivity contribution >= 4 is 29.3 Å². The number of alkyl halides is 3. The van der Waals surface area contributed by atoms with Crippen LogP contribution in [0.1, 0.15) is 12.6 Å². The molecular weight excluding hydrogens is 418 g/mol. The molecule has 1 aromatic carbocycles. The molecule has 1 unspecified atom stereocenters. The van der Waals surface area contributed by atoms with E-state index in [1.165, 1.54) is 6.92 Å². The summed E-state index contributed by atoms with van der Waals surface area (Å²) in [5.74, 6) is 2.71. The number of aromatic nitrogens is 2. The van der Waals surface area contributed by atoms with E-state index in [0.29, 0.717) is 17.8 Å². The molecule has 27 heavy (non-hydrogen) atoms. The third kappa shape index (κ3) is 4.11. The largest absolute Gasteiger partial charge is 0.480 e. The summed E-state index contributed by atoms with van der Waals surface area (Å²) in [6, 6.07) is 1.64. The first-order chi connectivity index (χ1) is 12.3. The van der Waals surface area contributed by atoms with Crippen molar-refractivity contribution in [1.29, 1.82) is 0 Å². The highest BCUT2D eigenvalue weighted by molar-refractivity contribution is 8.00. The first kappa shape index (κ1) is 20.8. The Morgan fingerprint density at radius 3 is 2.41 bits per heavy atom. The predicted molar refractivity (Wildman–Crippen MR) is 89.4 cm³/mol. The summed E-state index contributed by atoms with van der Waals surface area (Å²) in [6.07, 6.45) is -5.08. The number of aliphatic carboxylic acids is 1. The summed E-state index contributed by atoms with van der Waals surface area (Å²) in [6.45, 7) is 1.31. The Morgan fingerprint density at radius 1 is 1.30 bits per heavy atom. The van der Waals surface area contributed by atoms with E-state index in [0.717, 1.165) is 6.07 Å². The van der Waals surface area contributed by atoms with Gasteiger partial charge in [-0.15, -0.1) is 11.8 Å². The summed E-state index contributed by atoms with van der Waals surface area (Å²) in [5.41, 5.74) is -5.55. The number of nitrogens with zero attached hydrogens (tertiary/aromatic N) is 2. The number of nitrogens with two attached hydrogens (primary N) is 1. The van der Waals surface area contributed by atoms with Crippen LogP contribution in [0.3, 0.4) is 0 Å². The summed E-state index contributed by atoms with van der Waals surface area (Å²) in [7, 11) is 0. The van der Waals surface area contributed by atoms with Gasteiger partial charge in [-0.1, -0.05) is 11.6 Å². The first-order valence-electron chi connectivity index (χ1n) is 6.95. The van der Waals surface area contributed by atoms with Crippen LogP contribution >= 0.6 is 23.4 Å². The zero-order valence-corrected chi connectivity index (χ0v) is 14.8. The van der Waals surface area contributed by atoms with Gasteiger partial charge in [-0.3, -0.25) is 9.59 Å². The fourth-order valence-corrected chi connectivity index (χ4v) is 3.13. The van der Waals surface area contributed by atoms with Gasteiger partial charge >= 0.3 is 17.8 Å². The lowest BCUT2D eigenvalue weighted by molar-refractivity contribution is -0.143. The van der Waals surface area contributed by atoms with Crippen molar-refractivity contribution in [2.75, 3.05) is 5.84 Å². The first-order valence-corrected chi connectivity index (χ1v) is 8.20. The zero-order chi connectivity index (χ0) is 20.7. The van der Waals surface area contributed by atoms with Gasteiger partial charge < -0.3 is 10.9 Å². The number of carbonyl (C=O) groups is 1. The van der Waals surface area contributed by atoms with Crippen molar-refractivity contribution in [3.05, 3.63) is 55.6 Å². The second-order valence-corrected chi connectivity index (χ2v) is 6.98. The monoisotopic (exact) mass is 427 g/mol. The molecule has 0 saturated heterocycles. The molecule has 0 amide bonds. The van der Waals surface area contributed by atoms with Crippen LogP contribution in [0.15, 0.2) is 32.7 Å². The molecule has 1 heterocycles. The molecule has 7 nitrogen and oxygen atoms in total. The van der Waals surface area contributed by atoms with Gasteiger partial charge in [0.1, 0.15) is 11.1 Å². The Labute approximate surface area is 156 Å². The number of halogens is 5. The number of carboxylic acids is 1. The van der Waals surface area contributed by atoms with E-state index >= 15 is 0 Å². The van der Waals surface area contributed by atoms with Crippen molar-refractivity contribution in [3.63, 3.8) is 0 Å². The SMILES string of the molecule is CC(Sc1cc(-n2c(=O)cc(C(F)(F)F)n(N)c2=O)c(F)cc1Cl)C(=O)O. The van der Waals surface area contributed by atoms with E-state index in [1.54, 1.807) is 0 Å². The molecule has 2 aromatic rings. The molecule has 0 aliphatic carbocycles. The number of nitrogen functional groups attached to an aromatic ring is 1. The molecule has 13 heteroatoms. The molecule has 1 atom stereocenters. The van der Waals surface area contributed by atoms with Gasteiger partial charge in [0.25, 0.3) is 5.56 Å². The van der Waals surface area contributed by atoms with Crippen molar-refractivity contribution < 1.29 is 27.5 Å². The van der Waals surface area contributed by atoms with Crippen molar-refractivity contribution in [1.82, 2.24) is 9.24 Å². The van der Waals surface area contributed by atoms with Gasteiger partial charge in [-0.05, 0) is 19.1 Å². The van der Waals surface area contributed by atoms with E-state index in [9.17, 15) is 31.9 Å². The zero-order valence-electron chi connectivity index (χ0n) is 13.3. The van der Waals surface area contributed by atoms with Gasteiger partial charge in [0.15, 0.2) is 5.69 Å². The number of benzene rings is 1. The number of hydrogen-bond acceptors (Lipinski definition) is 5. The van der Waals surface area contributed by atoms with Crippen LogP contribution in [0.25, 0.3) is 5.69 Å². The number of carboxylic acid groups (broad SMARTS) is 1. The van der Waals surface area contributed by atoms with Gasteiger partial charge in [0.2, 0.25) is 0 Å². The minimum atomic E-state index is -5.08. The van der Waals surface area contributed by atoms with Crippen LogP contribution in [0.2, 0.25) is 5.02 Å². The van der Waals surface area contributed by atoms with Crippen LogP contribution in [-0.2, 0) is 11.0 Å². The molecule has 0 aliphatic heterocycles. The summed E-state index contributed by atoms with van der Waals surface area (Å²) < 4.78 is 52.5. The third-order valence-electron chi connectivity index (χ3n) is 3.32. The summed E-state index contributed by atoms with van der Waals surface area (Å²) >= 11 is 6.52. The molecular formula is C14H10ClF4N3O4S. The minimum absolute atomic E-state index is 0.00210. The predicted octanol–water partition coefficient (Wildman–Crippen LogP) is 2.09. The third-order valence-corrected chi connectivity index (χ3v) is 4.89. The van der Waals surface area contributed by atoms with E-state index in [2.05, 4.69) is 0 Å². The fraction of sp³-hybridized carbons (Fsp3) is 0.214. The molecule has 0 aliphatic rings. The lowest BCUT2D eigenvalue weighted by Crippen LogP contribution is -2.45. The van der Waals surface area contributed by atoms with Crippen LogP contribution < -0.4 is 17.1 Å². The van der Waals surface area contributed by atoms with Crippen LogP contribution in [0, 0.1) is 5.82 Å². The maximum Gasteiger partial charge on any atom is 0.433 e. The normalized spacial score (nSPS) is 12.8. The van der Waals surface area contributed by atoms with Crippen LogP contribution in [-0.4, -0.2) is 25.6 Å². The van der Waals surface area contributed by atoms with E-state index in [-0.39, 0.29) is 25.2 Å². The fourth-order valence-electron chi connectivity index (χ4n) is 2.02. The maximum atomic E-state index is 14.3. The van der Waals surface area contributed by atoms with E-state index in [1.807, 2.05) is 0 Å². The topological polar surface area (TPSA) is 107 Å². The highest BCUT2D eigenvalue weighted by Crippen LogP contribution is 2.33. The lowest BCUT2D eigenvalue weighted by atomic mass is 10.3. The minimum Gasteiger partial charge on any atom is -0.480 e. The Hall–Kier alpha value is -2.47. The molecule has 2 rings (SSSR count). The molecule has 0 saturated carbocycles. The van der Waals surface area contributed by atoms with Crippen molar-refractivity contribution in [2.45, 2.75) is 23.2 Å². The lowest BCUT2D eigenvalue weighted by Gasteiger charge is -2.15. The maximum absolute atomic E-state index is 14.3. The van der Waals surface area contributed by atoms with Crippen molar-refractivity contribution in [3.8, 4) is 5.69 Å². The Kier molecular flexibility index (Phi) is 5.61. The van der Waals surface area contributed by atoms with E-state index < -0.39 is 45.8 Å². The van der Waals surface area contributed by atoms with E-state index in [4.69, 9.17) is 22.6 Å². The van der Waals surface area contributed by atoms with Gasteiger partial charge in [-0.25, -0.2) is 18.4 Å².